The summed E-state index contributed by atoms with van der Waals surface area (Å²) in [5.74, 6) is -0.380. The lowest BCUT2D eigenvalue weighted by atomic mass is 10.1. The van der Waals surface area contributed by atoms with E-state index in [-0.39, 0.29) is 17.1 Å². The van der Waals surface area contributed by atoms with Gasteiger partial charge in [-0.3, -0.25) is 10.1 Å². The van der Waals surface area contributed by atoms with Crippen molar-refractivity contribution < 1.29 is 23.2 Å². The molecule has 138 valence electrons. The summed E-state index contributed by atoms with van der Waals surface area (Å²) in [5.41, 5.74) is 0.183. The van der Waals surface area contributed by atoms with E-state index in [1.54, 1.807) is 25.1 Å². The molecule has 0 fully saturated rings. The minimum atomic E-state index is -3.14. The zero-order valence-electron chi connectivity index (χ0n) is 13.4. The predicted molar refractivity (Wildman–Crippen MR) is 94.4 cm³/mol. The molecule has 2 rings (SSSR count). The number of alkyl halides is 2. The van der Waals surface area contributed by atoms with Crippen molar-refractivity contribution in [1.29, 1.82) is 0 Å². The Bertz CT molecular complexity index is 820. The summed E-state index contributed by atoms with van der Waals surface area (Å²) in [6, 6.07) is 9.02. The van der Waals surface area contributed by atoms with E-state index in [1.807, 2.05) is 6.07 Å². The maximum atomic E-state index is 12.5. The first-order chi connectivity index (χ1) is 12.3. The SMILES string of the molecule is CC(NC(=O)Nc1cc([N+](=O)[O-])ccc1OC(F)F)c1ccccc1Br. The Morgan fingerprint density at radius 2 is 1.96 bits per heavy atom. The van der Waals surface area contributed by atoms with Crippen LogP contribution in [0.1, 0.15) is 18.5 Å². The van der Waals surface area contributed by atoms with E-state index < -0.39 is 23.6 Å². The normalized spacial score (nSPS) is 11.7. The first-order valence-electron chi connectivity index (χ1n) is 7.33. The van der Waals surface area contributed by atoms with Gasteiger partial charge in [0.1, 0.15) is 5.75 Å². The highest BCUT2D eigenvalue weighted by Gasteiger charge is 2.18. The zero-order chi connectivity index (χ0) is 19.3. The minimum absolute atomic E-state index is 0.240. The topological polar surface area (TPSA) is 93.5 Å². The van der Waals surface area contributed by atoms with Crippen molar-refractivity contribution in [2.24, 2.45) is 0 Å². The summed E-state index contributed by atoms with van der Waals surface area (Å²) in [5, 5.41) is 15.8. The molecule has 0 bridgehead atoms. The molecule has 0 aliphatic carbocycles. The summed E-state index contributed by atoms with van der Waals surface area (Å²) < 4.78 is 30.0. The number of benzene rings is 2. The standard InChI is InChI=1S/C16H14BrF2N3O4/c1-9(11-4-2-3-5-12(11)17)20-16(23)21-13-8-10(22(24)25)6-7-14(13)26-15(18)19/h2-9,15H,1H3,(H2,20,21,23). The summed E-state index contributed by atoms with van der Waals surface area (Å²) in [4.78, 5) is 22.3. The number of non-ortho nitro benzene ring substituents is 1. The molecule has 1 unspecified atom stereocenters. The van der Waals surface area contributed by atoms with E-state index in [0.717, 1.165) is 28.2 Å². The fourth-order valence-corrected chi connectivity index (χ4v) is 2.82. The van der Waals surface area contributed by atoms with Crippen LogP contribution in [0.5, 0.6) is 5.75 Å². The van der Waals surface area contributed by atoms with Crippen LogP contribution in [0.15, 0.2) is 46.9 Å². The van der Waals surface area contributed by atoms with Crippen LogP contribution < -0.4 is 15.4 Å². The third-order valence-electron chi connectivity index (χ3n) is 3.36. The highest BCUT2D eigenvalue weighted by Crippen LogP contribution is 2.30. The quantitative estimate of drug-likeness (QED) is 0.507. The number of carbonyl (C=O) groups is 1. The van der Waals surface area contributed by atoms with Gasteiger partial charge in [-0.2, -0.15) is 8.78 Å². The molecule has 0 aromatic heterocycles. The first kappa shape index (κ1) is 19.6. The number of carbonyl (C=O) groups excluding carboxylic acids is 1. The lowest BCUT2D eigenvalue weighted by molar-refractivity contribution is -0.384. The van der Waals surface area contributed by atoms with Crippen molar-refractivity contribution in [1.82, 2.24) is 5.32 Å². The molecular weight excluding hydrogens is 416 g/mol. The Kier molecular flexibility index (Phi) is 6.45. The van der Waals surface area contributed by atoms with Gasteiger partial charge in [-0.25, -0.2) is 4.79 Å². The fourth-order valence-electron chi connectivity index (χ4n) is 2.19. The molecular formula is C16H14BrF2N3O4. The van der Waals surface area contributed by atoms with Gasteiger partial charge >= 0.3 is 12.6 Å². The number of nitrogens with zero attached hydrogens (tertiary/aromatic N) is 1. The highest BCUT2D eigenvalue weighted by molar-refractivity contribution is 9.10. The van der Waals surface area contributed by atoms with Crippen LogP contribution in [0.3, 0.4) is 0 Å². The van der Waals surface area contributed by atoms with Crippen LogP contribution in [-0.2, 0) is 0 Å². The minimum Gasteiger partial charge on any atom is -0.433 e. The van der Waals surface area contributed by atoms with E-state index in [1.165, 1.54) is 0 Å². The average Bonchev–Trinajstić information content (AvgIpc) is 2.56. The van der Waals surface area contributed by atoms with Gasteiger partial charge in [0.05, 0.1) is 16.7 Å². The first-order valence-corrected chi connectivity index (χ1v) is 8.12. The van der Waals surface area contributed by atoms with E-state index in [4.69, 9.17) is 0 Å². The van der Waals surface area contributed by atoms with Gasteiger partial charge in [0.2, 0.25) is 0 Å². The molecule has 2 amide bonds. The third-order valence-corrected chi connectivity index (χ3v) is 4.08. The van der Waals surface area contributed by atoms with Crippen LogP contribution in [0, 0.1) is 10.1 Å². The van der Waals surface area contributed by atoms with Gasteiger partial charge in [0, 0.05) is 16.6 Å². The Morgan fingerprint density at radius 3 is 2.58 bits per heavy atom. The summed E-state index contributed by atoms with van der Waals surface area (Å²) in [6.07, 6.45) is 0. The number of nitro groups is 1. The molecule has 2 N–H and O–H groups in total. The number of urea groups is 1. The fraction of sp³-hybridized carbons (Fsp3) is 0.188. The van der Waals surface area contributed by atoms with Crippen molar-refractivity contribution in [2.45, 2.75) is 19.6 Å². The second-order valence-electron chi connectivity index (χ2n) is 5.16. The Labute approximate surface area is 155 Å². The number of rotatable bonds is 6. The number of ether oxygens (including phenoxy) is 1. The number of hydrogen-bond donors (Lipinski definition) is 2. The molecule has 10 heteroatoms. The van der Waals surface area contributed by atoms with Crippen molar-refractivity contribution in [3.63, 3.8) is 0 Å². The van der Waals surface area contributed by atoms with Crippen LogP contribution in [0.25, 0.3) is 0 Å². The molecule has 0 aliphatic heterocycles. The van der Waals surface area contributed by atoms with Crippen LogP contribution in [-0.4, -0.2) is 17.6 Å². The van der Waals surface area contributed by atoms with Gasteiger partial charge in [0.15, 0.2) is 0 Å². The second kappa shape index (κ2) is 8.56. The average molecular weight is 430 g/mol. The number of nitro benzene ring substituents is 1. The molecule has 0 saturated carbocycles. The number of nitrogens with one attached hydrogen (secondary N) is 2. The monoisotopic (exact) mass is 429 g/mol. The maximum Gasteiger partial charge on any atom is 0.387 e. The highest BCUT2D eigenvalue weighted by atomic mass is 79.9. The lowest BCUT2D eigenvalue weighted by Gasteiger charge is -2.17. The van der Waals surface area contributed by atoms with Gasteiger partial charge in [-0.05, 0) is 24.6 Å². The van der Waals surface area contributed by atoms with E-state index in [0.29, 0.717) is 0 Å². The second-order valence-corrected chi connectivity index (χ2v) is 6.01. The molecule has 0 heterocycles. The molecule has 2 aromatic carbocycles. The number of anilines is 1. The number of halogens is 3. The number of amides is 2. The van der Waals surface area contributed by atoms with E-state index in [9.17, 15) is 23.7 Å². The Hall–Kier alpha value is -2.75. The van der Waals surface area contributed by atoms with Crippen LogP contribution >= 0.6 is 15.9 Å². The molecule has 0 saturated heterocycles. The Balaban J connectivity index is 2.17. The van der Waals surface area contributed by atoms with Gasteiger partial charge in [0.25, 0.3) is 5.69 Å². The van der Waals surface area contributed by atoms with Crippen LogP contribution in [0.2, 0.25) is 0 Å². The summed E-state index contributed by atoms with van der Waals surface area (Å²) in [7, 11) is 0. The smallest absolute Gasteiger partial charge is 0.387 e. The van der Waals surface area contributed by atoms with E-state index >= 15 is 0 Å². The molecule has 2 aromatic rings. The van der Waals surface area contributed by atoms with Gasteiger partial charge < -0.3 is 15.4 Å². The molecule has 0 aliphatic rings. The lowest BCUT2D eigenvalue weighted by Crippen LogP contribution is -2.31. The predicted octanol–water partition coefficient (Wildman–Crippen LogP) is 4.84. The maximum absolute atomic E-state index is 12.5. The van der Waals surface area contributed by atoms with Crippen molar-refractivity contribution in [3.8, 4) is 5.75 Å². The third kappa shape index (κ3) is 5.12. The molecule has 0 spiro atoms. The van der Waals surface area contributed by atoms with E-state index in [2.05, 4.69) is 31.3 Å². The van der Waals surface area contributed by atoms with Gasteiger partial charge in [-0.15, -0.1) is 0 Å². The Morgan fingerprint density at radius 1 is 1.27 bits per heavy atom. The molecule has 26 heavy (non-hydrogen) atoms. The zero-order valence-corrected chi connectivity index (χ0v) is 15.0. The van der Waals surface area contributed by atoms with Crippen molar-refractivity contribution in [3.05, 3.63) is 62.6 Å². The largest absolute Gasteiger partial charge is 0.433 e. The van der Waals surface area contributed by atoms with Crippen molar-refractivity contribution in [2.75, 3.05) is 5.32 Å². The molecule has 1 atom stereocenters. The van der Waals surface area contributed by atoms with Gasteiger partial charge in [-0.1, -0.05) is 34.1 Å². The van der Waals surface area contributed by atoms with Crippen LogP contribution in [0.4, 0.5) is 25.0 Å². The molecule has 7 nitrogen and oxygen atoms in total. The summed E-state index contributed by atoms with van der Waals surface area (Å²) in [6.45, 7) is -1.41. The summed E-state index contributed by atoms with van der Waals surface area (Å²) >= 11 is 3.37. The van der Waals surface area contributed by atoms with Crippen molar-refractivity contribution >= 4 is 33.3 Å². The molecule has 0 radical (unpaired) electrons. The number of hydrogen-bond acceptors (Lipinski definition) is 4.